The normalized spacial score (nSPS) is 10.7. The Hall–Kier alpha value is -3.12. The second-order valence-electron chi connectivity index (χ2n) is 7.13. The number of anilines is 1. The molecule has 31 heavy (non-hydrogen) atoms. The van der Waals surface area contributed by atoms with Crippen molar-refractivity contribution < 1.29 is 9.59 Å². The van der Waals surface area contributed by atoms with E-state index in [0.717, 1.165) is 11.3 Å². The molecule has 7 heteroatoms. The lowest BCUT2D eigenvalue weighted by atomic mass is 10.1. The quantitative estimate of drug-likeness (QED) is 0.545. The molecule has 2 aromatic carbocycles. The minimum Gasteiger partial charge on any atom is -0.339 e. The predicted molar refractivity (Wildman–Crippen MR) is 124 cm³/mol. The molecule has 0 aliphatic carbocycles. The fourth-order valence-electron chi connectivity index (χ4n) is 3.51. The maximum Gasteiger partial charge on any atom is 0.259 e. The number of benzene rings is 2. The Labute approximate surface area is 187 Å². The highest BCUT2D eigenvalue weighted by Gasteiger charge is 2.19. The number of hydrogen-bond donors (Lipinski definition) is 1. The standard InChI is InChI=1S/C24H27ClN4O2/c1-4-22-20(15-26-29(22)16-17-10-8-7-9-11-17)23(30)27-18-12-13-19(21(25)14-18)24(31)28(5-2)6-3/h7-15H,4-6,16H2,1-3H3,(H,27,30). The summed E-state index contributed by atoms with van der Waals surface area (Å²) in [6.07, 6.45) is 2.27. The van der Waals surface area contributed by atoms with Crippen LogP contribution in [0.2, 0.25) is 5.02 Å². The molecule has 6 nitrogen and oxygen atoms in total. The van der Waals surface area contributed by atoms with Crippen LogP contribution in [-0.2, 0) is 13.0 Å². The van der Waals surface area contributed by atoms with Gasteiger partial charge in [0, 0.05) is 18.8 Å². The molecule has 0 unspecified atom stereocenters. The van der Waals surface area contributed by atoms with Crippen LogP contribution in [0.25, 0.3) is 0 Å². The number of nitrogens with one attached hydrogen (secondary N) is 1. The third-order valence-electron chi connectivity index (χ3n) is 5.21. The molecule has 1 aromatic heterocycles. The molecule has 0 saturated carbocycles. The van der Waals surface area contributed by atoms with E-state index in [0.29, 0.717) is 47.9 Å². The molecule has 0 atom stereocenters. The van der Waals surface area contributed by atoms with Crippen molar-refractivity contribution in [2.45, 2.75) is 33.7 Å². The molecule has 1 heterocycles. The molecule has 2 amide bonds. The smallest absolute Gasteiger partial charge is 0.259 e. The molecule has 0 fully saturated rings. The van der Waals surface area contributed by atoms with E-state index in [1.165, 1.54) is 0 Å². The lowest BCUT2D eigenvalue weighted by Crippen LogP contribution is -2.30. The Morgan fingerprint density at radius 2 is 1.74 bits per heavy atom. The number of carbonyl (C=O) groups is 2. The fraction of sp³-hybridized carbons (Fsp3) is 0.292. The topological polar surface area (TPSA) is 67.2 Å². The van der Waals surface area contributed by atoms with Crippen LogP contribution in [0.5, 0.6) is 0 Å². The Morgan fingerprint density at radius 1 is 1.03 bits per heavy atom. The van der Waals surface area contributed by atoms with E-state index in [9.17, 15) is 9.59 Å². The van der Waals surface area contributed by atoms with Gasteiger partial charge >= 0.3 is 0 Å². The number of aromatic nitrogens is 2. The monoisotopic (exact) mass is 438 g/mol. The summed E-state index contributed by atoms with van der Waals surface area (Å²) < 4.78 is 1.85. The molecule has 0 aliphatic heterocycles. The first-order chi connectivity index (χ1) is 15.0. The minimum absolute atomic E-state index is 0.122. The average Bonchev–Trinajstić information content (AvgIpc) is 3.18. The van der Waals surface area contributed by atoms with Crippen LogP contribution in [0.15, 0.2) is 54.7 Å². The second kappa shape index (κ2) is 10.3. The van der Waals surface area contributed by atoms with E-state index in [1.807, 2.05) is 55.8 Å². The van der Waals surface area contributed by atoms with Gasteiger partial charge in [-0.15, -0.1) is 0 Å². The third kappa shape index (κ3) is 5.14. The highest BCUT2D eigenvalue weighted by molar-refractivity contribution is 6.34. The Morgan fingerprint density at radius 3 is 2.35 bits per heavy atom. The maximum atomic E-state index is 12.9. The van der Waals surface area contributed by atoms with Crippen molar-refractivity contribution >= 4 is 29.1 Å². The zero-order valence-corrected chi connectivity index (χ0v) is 18.8. The van der Waals surface area contributed by atoms with E-state index in [4.69, 9.17) is 11.6 Å². The van der Waals surface area contributed by atoms with Gasteiger partial charge in [-0.05, 0) is 44.0 Å². The lowest BCUT2D eigenvalue weighted by molar-refractivity contribution is 0.0773. The van der Waals surface area contributed by atoms with Gasteiger partial charge in [-0.25, -0.2) is 0 Å². The van der Waals surface area contributed by atoms with Crippen LogP contribution in [-0.4, -0.2) is 39.6 Å². The summed E-state index contributed by atoms with van der Waals surface area (Å²) in [7, 11) is 0. The SMILES string of the molecule is CCc1c(C(=O)Nc2ccc(C(=O)N(CC)CC)c(Cl)c2)cnn1Cc1ccccc1. The van der Waals surface area contributed by atoms with Crippen LogP contribution in [0.3, 0.4) is 0 Å². The van der Waals surface area contributed by atoms with Gasteiger partial charge in [-0.2, -0.15) is 5.10 Å². The van der Waals surface area contributed by atoms with Crippen LogP contribution in [0, 0.1) is 0 Å². The minimum atomic E-state index is -0.255. The van der Waals surface area contributed by atoms with E-state index >= 15 is 0 Å². The largest absolute Gasteiger partial charge is 0.339 e. The van der Waals surface area contributed by atoms with Crippen molar-refractivity contribution in [2.24, 2.45) is 0 Å². The van der Waals surface area contributed by atoms with Gasteiger partial charge in [-0.3, -0.25) is 14.3 Å². The lowest BCUT2D eigenvalue weighted by Gasteiger charge is -2.19. The molecule has 3 aromatic rings. The van der Waals surface area contributed by atoms with Crippen LogP contribution >= 0.6 is 11.6 Å². The third-order valence-corrected chi connectivity index (χ3v) is 5.52. The molecule has 1 N–H and O–H groups in total. The Kier molecular flexibility index (Phi) is 7.47. The van der Waals surface area contributed by atoms with Gasteiger partial charge in [0.25, 0.3) is 11.8 Å². The highest BCUT2D eigenvalue weighted by Crippen LogP contribution is 2.23. The van der Waals surface area contributed by atoms with Gasteiger partial charge in [0.1, 0.15) is 0 Å². The number of rotatable bonds is 8. The summed E-state index contributed by atoms with van der Waals surface area (Å²) in [6, 6.07) is 15.0. The molecular weight excluding hydrogens is 412 g/mol. The average molecular weight is 439 g/mol. The first kappa shape index (κ1) is 22.6. The van der Waals surface area contributed by atoms with Gasteiger partial charge in [0.05, 0.1) is 34.6 Å². The fourth-order valence-corrected chi connectivity index (χ4v) is 3.77. The number of amides is 2. The molecule has 0 spiro atoms. The molecular formula is C24H27ClN4O2. The summed E-state index contributed by atoms with van der Waals surface area (Å²) in [5.41, 5.74) is 3.46. The van der Waals surface area contributed by atoms with Crippen molar-refractivity contribution in [3.05, 3.63) is 82.1 Å². The number of carbonyl (C=O) groups excluding carboxylic acids is 2. The number of halogens is 1. The van der Waals surface area contributed by atoms with Crippen LogP contribution < -0.4 is 5.32 Å². The summed E-state index contributed by atoms with van der Waals surface area (Å²) >= 11 is 6.35. The molecule has 0 bridgehead atoms. The summed E-state index contributed by atoms with van der Waals surface area (Å²) in [4.78, 5) is 27.2. The van der Waals surface area contributed by atoms with Crippen molar-refractivity contribution in [2.75, 3.05) is 18.4 Å². The molecule has 162 valence electrons. The van der Waals surface area contributed by atoms with Gasteiger partial charge in [-0.1, -0.05) is 48.9 Å². The Balaban J connectivity index is 1.77. The first-order valence-electron chi connectivity index (χ1n) is 10.5. The molecule has 0 saturated heterocycles. The summed E-state index contributed by atoms with van der Waals surface area (Å²) in [6.45, 7) is 7.67. The van der Waals surface area contributed by atoms with E-state index < -0.39 is 0 Å². The molecule has 3 rings (SSSR count). The number of hydrogen-bond acceptors (Lipinski definition) is 3. The highest BCUT2D eigenvalue weighted by atomic mass is 35.5. The van der Waals surface area contributed by atoms with Crippen molar-refractivity contribution in [3.8, 4) is 0 Å². The molecule has 0 aliphatic rings. The maximum absolute atomic E-state index is 12.9. The van der Waals surface area contributed by atoms with Gasteiger partial charge in [0.2, 0.25) is 0 Å². The van der Waals surface area contributed by atoms with Gasteiger partial charge < -0.3 is 10.2 Å². The van der Waals surface area contributed by atoms with E-state index in [1.54, 1.807) is 29.3 Å². The van der Waals surface area contributed by atoms with Crippen molar-refractivity contribution in [1.82, 2.24) is 14.7 Å². The second-order valence-corrected chi connectivity index (χ2v) is 7.54. The van der Waals surface area contributed by atoms with Crippen LogP contribution in [0.1, 0.15) is 52.7 Å². The van der Waals surface area contributed by atoms with Crippen molar-refractivity contribution in [1.29, 1.82) is 0 Å². The summed E-state index contributed by atoms with van der Waals surface area (Å²) in [5.74, 6) is -0.376. The van der Waals surface area contributed by atoms with Crippen LogP contribution in [0.4, 0.5) is 5.69 Å². The van der Waals surface area contributed by atoms with Gasteiger partial charge in [0.15, 0.2) is 0 Å². The van der Waals surface area contributed by atoms with Crippen molar-refractivity contribution in [3.63, 3.8) is 0 Å². The predicted octanol–water partition coefficient (Wildman–Crippen LogP) is 4.88. The zero-order chi connectivity index (χ0) is 22.4. The van der Waals surface area contributed by atoms with E-state index in [2.05, 4.69) is 10.4 Å². The molecule has 0 radical (unpaired) electrons. The first-order valence-corrected chi connectivity index (χ1v) is 10.8. The van der Waals surface area contributed by atoms with E-state index in [-0.39, 0.29) is 11.8 Å². The number of nitrogens with zero attached hydrogens (tertiary/aromatic N) is 3. The summed E-state index contributed by atoms with van der Waals surface area (Å²) in [5, 5.41) is 7.60. The zero-order valence-electron chi connectivity index (χ0n) is 18.1. The Bertz CT molecular complexity index is 1060.